The molecule has 0 atom stereocenters. The van der Waals surface area contributed by atoms with E-state index in [0.29, 0.717) is 11.1 Å². The fourth-order valence-corrected chi connectivity index (χ4v) is 4.53. The van der Waals surface area contributed by atoms with Gasteiger partial charge in [-0.3, -0.25) is 9.36 Å². The number of anilines is 1. The number of nitrogens with zero attached hydrogens (tertiary/aromatic N) is 4. The zero-order valence-electron chi connectivity index (χ0n) is 15.6. The standard InChI is InChI=1S/C20H22ClN5OS/c1-14-16(21)7-4-8-17(14)25-12-11-22-20(25)28-13-19(27)24-18-9-10-23-26(18)15-5-2-3-6-15/h4,7-12,15H,2-3,5-6,13H2,1H3,(H,24,27). The largest absolute Gasteiger partial charge is 0.310 e. The molecule has 2 heterocycles. The van der Waals surface area contributed by atoms with Gasteiger partial charge in [0.2, 0.25) is 5.91 Å². The molecule has 3 aromatic rings. The summed E-state index contributed by atoms with van der Waals surface area (Å²) in [6.45, 7) is 1.98. The molecule has 1 aliphatic rings. The van der Waals surface area contributed by atoms with Gasteiger partial charge >= 0.3 is 0 Å². The molecule has 1 aliphatic carbocycles. The van der Waals surface area contributed by atoms with Crippen molar-refractivity contribution in [3.8, 4) is 5.69 Å². The first-order valence-electron chi connectivity index (χ1n) is 9.38. The number of benzene rings is 1. The van der Waals surface area contributed by atoms with Gasteiger partial charge in [0.25, 0.3) is 0 Å². The first-order valence-corrected chi connectivity index (χ1v) is 10.7. The second-order valence-corrected chi connectivity index (χ2v) is 8.25. The van der Waals surface area contributed by atoms with Crippen LogP contribution in [0.1, 0.15) is 37.3 Å². The van der Waals surface area contributed by atoms with E-state index in [2.05, 4.69) is 15.4 Å². The topological polar surface area (TPSA) is 64.7 Å². The second-order valence-electron chi connectivity index (χ2n) is 6.90. The first kappa shape index (κ1) is 19.1. The third-order valence-electron chi connectivity index (χ3n) is 5.05. The maximum Gasteiger partial charge on any atom is 0.235 e. The first-order chi connectivity index (χ1) is 13.6. The van der Waals surface area contributed by atoms with Gasteiger partial charge in [-0.25, -0.2) is 9.67 Å². The number of thioether (sulfide) groups is 1. The Hall–Kier alpha value is -2.25. The van der Waals surface area contributed by atoms with Gasteiger partial charge in [0.05, 0.1) is 23.7 Å². The van der Waals surface area contributed by atoms with Crippen molar-refractivity contribution in [1.29, 1.82) is 0 Å². The predicted molar refractivity (Wildman–Crippen MR) is 112 cm³/mol. The smallest absolute Gasteiger partial charge is 0.235 e. The zero-order chi connectivity index (χ0) is 19.5. The molecule has 1 aromatic carbocycles. The van der Waals surface area contributed by atoms with Gasteiger partial charge in [-0.05, 0) is 37.5 Å². The summed E-state index contributed by atoms with van der Waals surface area (Å²) >= 11 is 7.64. The molecule has 0 aliphatic heterocycles. The summed E-state index contributed by atoms with van der Waals surface area (Å²) in [4.78, 5) is 16.9. The van der Waals surface area contributed by atoms with Crippen molar-refractivity contribution in [3.63, 3.8) is 0 Å². The third kappa shape index (κ3) is 3.95. The fourth-order valence-electron chi connectivity index (χ4n) is 3.60. The molecule has 146 valence electrons. The lowest BCUT2D eigenvalue weighted by Crippen LogP contribution is -2.19. The van der Waals surface area contributed by atoms with Crippen LogP contribution >= 0.6 is 23.4 Å². The van der Waals surface area contributed by atoms with Gasteiger partial charge in [0.15, 0.2) is 5.16 Å². The molecule has 4 rings (SSSR count). The average molecular weight is 416 g/mol. The number of hydrogen-bond acceptors (Lipinski definition) is 4. The van der Waals surface area contributed by atoms with Crippen molar-refractivity contribution in [3.05, 3.63) is 53.4 Å². The van der Waals surface area contributed by atoms with Crippen LogP contribution < -0.4 is 5.32 Å². The Labute approximate surface area is 173 Å². The van der Waals surface area contributed by atoms with Gasteiger partial charge in [-0.15, -0.1) is 0 Å². The van der Waals surface area contributed by atoms with Crippen molar-refractivity contribution in [1.82, 2.24) is 19.3 Å². The Balaban J connectivity index is 1.42. The summed E-state index contributed by atoms with van der Waals surface area (Å²) in [6, 6.07) is 8.02. The molecule has 0 radical (unpaired) electrons. The van der Waals surface area contributed by atoms with Crippen LogP contribution in [0.4, 0.5) is 5.82 Å². The maximum atomic E-state index is 12.5. The monoisotopic (exact) mass is 415 g/mol. The number of rotatable bonds is 6. The van der Waals surface area contributed by atoms with E-state index in [0.717, 1.165) is 35.1 Å². The molecular formula is C20H22ClN5OS. The molecule has 1 N–H and O–H groups in total. The van der Waals surface area contributed by atoms with E-state index < -0.39 is 0 Å². The average Bonchev–Trinajstić information content (AvgIpc) is 3.43. The van der Waals surface area contributed by atoms with Crippen molar-refractivity contribution >= 4 is 35.1 Å². The normalized spacial score (nSPS) is 14.5. The Morgan fingerprint density at radius 1 is 1.29 bits per heavy atom. The minimum absolute atomic E-state index is 0.0675. The highest BCUT2D eigenvalue weighted by atomic mass is 35.5. The summed E-state index contributed by atoms with van der Waals surface area (Å²) in [7, 11) is 0. The summed E-state index contributed by atoms with van der Waals surface area (Å²) in [6.07, 6.45) is 10.0. The van der Waals surface area contributed by atoms with Crippen molar-refractivity contribution in [2.24, 2.45) is 0 Å². The molecule has 0 bridgehead atoms. The number of nitrogens with one attached hydrogen (secondary N) is 1. The van der Waals surface area contributed by atoms with Crippen LogP contribution in [0.25, 0.3) is 5.69 Å². The molecule has 0 spiro atoms. The van der Waals surface area contributed by atoms with Gasteiger partial charge < -0.3 is 5.32 Å². The van der Waals surface area contributed by atoms with Gasteiger partial charge in [0, 0.05) is 23.5 Å². The molecule has 8 heteroatoms. The highest BCUT2D eigenvalue weighted by Gasteiger charge is 2.20. The lowest BCUT2D eigenvalue weighted by Gasteiger charge is -2.15. The van der Waals surface area contributed by atoms with E-state index in [-0.39, 0.29) is 11.7 Å². The van der Waals surface area contributed by atoms with Crippen molar-refractivity contribution in [2.75, 3.05) is 11.1 Å². The lowest BCUT2D eigenvalue weighted by molar-refractivity contribution is -0.113. The number of amides is 1. The molecule has 1 amide bonds. The van der Waals surface area contributed by atoms with Crippen LogP contribution in [0, 0.1) is 6.92 Å². The fraction of sp³-hybridized carbons (Fsp3) is 0.350. The van der Waals surface area contributed by atoms with Crippen molar-refractivity contribution in [2.45, 2.75) is 43.8 Å². The van der Waals surface area contributed by atoms with E-state index in [1.54, 1.807) is 12.4 Å². The quantitative estimate of drug-likeness (QED) is 0.583. The van der Waals surface area contributed by atoms with Gasteiger partial charge in [-0.1, -0.05) is 42.3 Å². The van der Waals surface area contributed by atoms with Crippen LogP contribution in [0.2, 0.25) is 5.02 Å². The number of hydrogen-bond donors (Lipinski definition) is 1. The Morgan fingerprint density at radius 3 is 2.93 bits per heavy atom. The summed E-state index contributed by atoms with van der Waals surface area (Å²) in [5.74, 6) is 0.973. The third-order valence-corrected chi connectivity index (χ3v) is 6.42. The minimum atomic E-state index is -0.0675. The maximum absolute atomic E-state index is 12.5. The van der Waals surface area contributed by atoms with Crippen LogP contribution in [0.5, 0.6) is 0 Å². The number of imidazole rings is 1. The Kier molecular flexibility index (Phi) is 5.73. The van der Waals surface area contributed by atoms with Gasteiger partial charge in [-0.2, -0.15) is 5.10 Å². The molecule has 0 unspecified atom stereocenters. The van der Waals surface area contributed by atoms with E-state index >= 15 is 0 Å². The molecule has 2 aromatic heterocycles. The van der Waals surface area contributed by atoms with E-state index in [4.69, 9.17) is 11.6 Å². The minimum Gasteiger partial charge on any atom is -0.310 e. The molecule has 1 saturated carbocycles. The lowest BCUT2D eigenvalue weighted by atomic mass is 10.2. The number of halogens is 1. The highest BCUT2D eigenvalue weighted by Crippen LogP contribution is 2.31. The predicted octanol–water partition coefficient (Wildman–Crippen LogP) is 4.88. The Bertz CT molecular complexity index is 977. The molecule has 0 saturated heterocycles. The molecule has 1 fully saturated rings. The summed E-state index contributed by atoms with van der Waals surface area (Å²) in [5.41, 5.74) is 1.95. The van der Waals surface area contributed by atoms with E-state index in [1.165, 1.54) is 24.6 Å². The van der Waals surface area contributed by atoms with Crippen LogP contribution in [0.15, 0.2) is 48.0 Å². The molecule has 6 nitrogen and oxygen atoms in total. The molecule has 28 heavy (non-hydrogen) atoms. The second kappa shape index (κ2) is 8.41. The van der Waals surface area contributed by atoms with Crippen LogP contribution in [-0.4, -0.2) is 31.0 Å². The number of carbonyl (C=O) groups is 1. The van der Waals surface area contributed by atoms with E-state index in [9.17, 15) is 4.79 Å². The van der Waals surface area contributed by atoms with E-state index in [1.807, 2.05) is 46.6 Å². The SMILES string of the molecule is Cc1c(Cl)cccc1-n1ccnc1SCC(=O)Nc1ccnn1C1CCCC1. The molecular weight excluding hydrogens is 394 g/mol. The Morgan fingerprint density at radius 2 is 2.11 bits per heavy atom. The summed E-state index contributed by atoms with van der Waals surface area (Å²) in [5, 5.41) is 8.85. The number of aromatic nitrogens is 4. The highest BCUT2D eigenvalue weighted by molar-refractivity contribution is 7.99. The van der Waals surface area contributed by atoms with Crippen LogP contribution in [-0.2, 0) is 4.79 Å². The summed E-state index contributed by atoms with van der Waals surface area (Å²) < 4.78 is 3.91. The zero-order valence-corrected chi connectivity index (χ0v) is 17.2. The van der Waals surface area contributed by atoms with Crippen molar-refractivity contribution < 1.29 is 4.79 Å². The van der Waals surface area contributed by atoms with Crippen LogP contribution in [0.3, 0.4) is 0 Å². The van der Waals surface area contributed by atoms with Gasteiger partial charge in [0.1, 0.15) is 5.82 Å². The number of carbonyl (C=O) groups excluding carboxylic acids is 1.